The van der Waals surface area contributed by atoms with Crippen LogP contribution in [0.25, 0.3) is 16.7 Å². The number of pyridine rings is 1. The van der Waals surface area contributed by atoms with Gasteiger partial charge in [-0.3, -0.25) is 9.40 Å². The number of para-hydroxylation sites is 1. The number of aromatic nitrogens is 5. The number of aryl methyl sites for hydroxylation is 1. The van der Waals surface area contributed by atoms with E-state index in [0.29, 0.717) is 29.9 Å². The Hall–Kier alpha value is -3.28. The third-order valence-electron chi connectivity index (χ3n) is 5.90. The molecular formula is C21H22N6O4S. The maximum atomic E-state index is 13.0. The number of aliphatic hydroxyl groups is 1. The van der Waals surface area contributed by atoms with Crippen LogP contribution in [0.2, 0.25) is 0 Å². The molecule has 1 aliphatic carbocycles. The van der Waals surface area contributed by atoms with E-state index in [9.17, 15) is 13.5 Å². The maximum absolute atomic E-state index is 13.0. The van der Waals surface area contributed by atoms with Crippen molar-refractivity contribution < 1.29 is 18.3 Å². The Labute approximate surface area is 184 Å². The van der Waals surface area contributed by atoms with Gasteiger partial charge in [0.05, 0.1) is 41.5 Å². The summed E-state index contributed by atoms with van der Waals surface area (Å²) in [6.07, 6.45) is 6.57. The Bertz CT molecular complexity index is 1400. The van der Waals surface area contributed by atoms with Gasteiger partial charge in [0.25, 0.3) is 10.0 Å². The summed E-state index contributed by atoms with van der Waals surface area (Å²) < 4.78 is 37.4. The maximum Gasteiger partial charge on any atom is 0.265 e. The van der Waals surface area contributed by atoms with Gasteiger partial charge in [-0.15, -0.1) is 0 Å². The first-order valence-corrected chi connectivity index (χ1v) is 11.5. The number of rotatable bonds is 6. The Morgan fingerprint density at radius 3 is 2.78 bits per heavy atom. The van der Waals surface area contributed by atoms with Crippen LogP contribution in [-0.4, -0.2) is 51.3 Å². The summed E-state index contributed by atoms with van der Waals surface area (Å²) in [7, 11) is -0.526. The fourth-order valence-electron chi connectivity index (χ4n) is 4.14. The van der Waals surface area contributed by atoms with Crippen molar-refractivity contribution in [2.45, 2.75) is 29.4 Å². The van der Waals surface area contributed by atoms with Gasteiger partial charge in [-0.25, -0.2) is 18.1 Å². The third kappa shape index (κ3) is 3.34. The fraction of sp³-hybridized carbons (Fsp3) is 0.286. The third-order valence-corrected chi connectivity index (χ3v) is 7.22. The summed E-state index contributed by atoms with van der Waals surface area (Å²) in [6.45, 7) is 0. The van der Waals surface area contributed by atoms with E-state index >= 15 is 0 Å². The van der Waals surface area contributed by atoms with E-state index in [0.717, 1.165) is 10.9 Å². The Morgan fingerprint density at radius 1 is 1.22 bits per heavy atom. The molecule has 32 heavy (non-hydrogen) atoms. The van der Waals surface area contributed by atoms with E-state index in [1.165, 1.54) is 17.1 Å². The molecule has 10 nitrogen and oxygen atoms in total. The van der Waals surface area contributed by atoms with Crippen LogP contribution < -0.4 is 4.72 Å². The van der Waals surface area contributed by atoms with Crippen molar-refractivity contribution in [3.8, 4) is 5.82 Å². The Balaban J connectivity index is 1.45. The second-order valence-electron chi connectivity index (χ2n) is 7.90. The Morgan fingerprint density at radius 2 is 2.03 bits per heavy atom. The number of nitrogens with one attached hydrogen (secondary N) is 1. The molecule has 1 aliphatic rings. The van der Waals surface area contributed by atoms with Gasteiger partial charge in [0.15, 0.2) is 5.82 Å². The highest BCUT2D eigenvalue weighted by atomic mass is 32.2. The Kier molecular flexibility index (Phi) is 4.77. The quantitative estimate of drug-likeness (QED) is 0.456. The molecule has 2 N–H and O–H groups in total. The van der Waals surface area contributed by atoms with Crippen LogP contribution in [0.3, 0.4) is 0 Å². The van der Waals surface area contributed by atoms with E-state index in [4.69, 9.17) is 4.74 Å². The number of hydrogen-bond acceptors (Lipinski definition) is 7. The molecular weight excluding hydrogens is 432 g/mol. The average Bonchev–Trinajstić information content (AvgIpc) is 3.40. The summed E-state index contributed by atoms with van der Waals surface area (Å²) in [5.74, 6) is 0.454. The molecule has 0 spiro atoms. The van der Waals surface area contributed by atoms with Gasteiger partial charge in [-0.05, 0) is 23.8 Å². The monoisotopic (exact) mass is 454 g/mol. The van der Waals surface area contributed by atoms with Gasteiger partial charge in [0, 0.05) is 38.6 Å². The summed E-state index contributed by atoms with van der Waals surface area (Å²) in [5, 5.41) is 19.0. The number of ether oxygens (including phenoxy) is 1. The van der Waals surface area contributed by atoms with Gasteiger partial charge >= 0.3 is 0 Å². The predicted octanol–water partition coefficient (Wildman–Crippen LogP) is 1.95. The minimum absolute atomic E-state index is 0.00407. The molecule has 0 aliphatic heterocycles. The molecule has 3 aromatic heterocycles. The average molecular weight is 455 g/mol. The first kappa shape index (κ1) is 20.6. The highest BCUT2D eigenvalue weighted by Gasteiger charge is 2.45. The van der Waals surface area contributed by atoms with E-state index in [2.05, 4.69) is 19.9 Å². The molecule has 1 aromatic carbocycles. The molecule has 0 saturated heterocycles. The summed E-state index contributed by atoms with van der Waals surface area (Å²) in [5.41, 5.74) is 1.41. The number of anilines is 1. The zero-order valence-corrected chi connectivity index (χ0v) is 18.3. The molecule has 166 valence electrons. The second-order valence-corrected chi connectivity index (χ2v) is 9.58. The molecule has 0 amide bonds. The fourth-order valence-corrected chi connectivity index (χ4v) is 5.14. The number of benzene rings is 1. The number of methoxy groups -OCH3 is 1. The van der Waals surface area contributed by atoms with Crippen LogP contribution in [0.1, 0.15) is 18.4 Å². The van der Waals surface area contributed by atoms with E-state index in [1.54, 1.807) is 49.4 Å². The molecule has 5 rings (SSSR count). The standard InChI is InChI=1S/C21H22N6O4S/c1-26-20-14(11-23-26)4-3-5-18(20)25-32(29,30)17-12-24-27(13-17)19-8-15(6-7-22-19)21(31-2)9-16(28)10-21/h3-8,11-13,16,25,28H,9-10H2,1-2H3. The van der Waals surface area contributed by atoms with Crippen LogP contribution in [0.5, 0.6) is 0 Å². The SMILES string of the molecule is COC1(c2ccnc(-n3cc(S(=O)(=O)Nc4cccc5cnn(C)c45)cn3)c2)CC(O)C1. The van der Waals surface area contributed by atoms with Crippen LogP contribution in [0.4, 0.5) is 5.69 Å². The number of sulfonamides is 1. The van der Waals surface area contributed by atoms with Gasteiger partial charge < -0.3 is 9.84 Å². The molecule has 0 bridgehead atoms. The van der Waals surface area contributed by atoms with Crippen LogP contribution in [-0.2, 0) is 27.4 Å². The summed E-state index contributed by atoms with van der Waals surface area (Å²) >= 11 is 0. The molecule has 0 unspecified atom stereocenters. The number of hydrogen-bond donors (Lipinski definition) is 2. The lowest BCUT2D eigenvalue weighted by Gasteiger charge is -2.44. The number of nitrogens with zero attached hydrogens (tertiary/aromatic N) is 5. The zero-order valence-electron chi connectivity index (χ0n) is 17.5. The van der Waals surface area contributed by atoms with Crippen LogP contribution in [0, 0.1) is 0 Å². The molecule has 1 saturated carbocycles. The van der Waals surface area contributed by atoms with Crippen molar-refractivity contribution in [1.82, 2.24) is 24.5 Å². The minimum atomic E-state index is -3.89. The van der Waals surface area contributed by atoms with Crippen molar-refractivity contribution in [1.29, 1.82) is 0 Å². The number of aliphatic hydroxyl groups excluding tert-OH is 1. The van der Waals surface area contributed by atoms with Gasteiger partial charge in [-0.1, -0.05) is 12.1 Å². The normalized spacial score (nSPS) is 20.9. The summed E-state index contributed by atoms with van der Waals surface area (Å²) in [6, 6.07) is 8.95. The smallest absolute Gasteiger partial charge is 0.265 e. The molecule has 0 radical (unpaired) electrons. The molecule has 3 heterocycles. The van der Waals surface area contributed by atoms with Crippen LogP contribution >= 0.6 is 0 Å². The van der Waals surface area contributed by atoms with E-state index in [-0.39, 0.29) is 4.90 Å². The molecule has 0 atom stereocenters. The van der Waals surface area contributed by atoms with Crippen molar-refractivity contribution in [3.63, 3.8) is 0 Å². The lowest BCUT2D eigenvalue weighted by molar-refractivity contribution is -0.143. The topological polar surface area (TPSA) is 124 Å². The van der Waals surface area contributed by atoms with Gasteiger partial charge in [0.2, 0.25) is 0 Å². The lowest BCUT2D eigenvalue weighted by Crippen LogP contribution is -2.46. The van der Waals surface area contributed by atoms with Crippen LogP contribution in [0.15, 0.2) is 60.0 Å². The molecule has 4 aromatic rings. The lowest BCUT2D eigenvalue weighted by atomic mass is 9.73. The second kappa shape index (κ2) is 7.40. The predicted molar refractivity (Wildman–Crippen MR) is 117 cm³/mol. The van der Waals surface area contributed by atoms with Crippen molar-refractivity contribution in [2.24, 2.45) is 7.05 Å². The zero-order chi connectivity index (χ0) is 22.5. The van der Waals surface area contributed by atoms with E-state index < -0.39 is 21.7 Å². The van der Waals surface area contributed by atoms with Crippen molar-refractivity contribution in [3.05, 3.63) is 60.7 Å². The minimum Gasteiger partial charge on any atom is -0.393 e. The largest absolute Gasteiger partial charge is 0.393 e. The molecule has 11 heteroatoms. The van der Waals surface area contributed by atoms with E-state index in [1.807, 2.05) is 12.1 Å². The first-order valence-electron chi connectivity index (χ1n) is 10.00. The van der Waals surface area contributed by atoms with Crippen molar-refractivity contribution in [2.75, 3.05) is 11.8 Å². The first-order chi connectivity index (χ1) is 15.3. The highest BCUT2D eigenvalue weighted by molar-refractivity contribution is 7.92. The van der Waals surface area contributed by atoms with Gasteiger partial charge in [0.1, 0.15) is 4.90 Å². The van der Waals surface area contributed by atoms with Gasteiger partial charge in [-0.2, -0.15) is 10.2 Å². The van der Waals surface area contributed by atoms with Crippen molar-refractivity contribution >= 4 is 26.6 Å². The molecule has 1 fully saturated rings. The number of fused-ring (bicyclic) bond motifs is 1. The summed E-state index contributed by atoms with van der Waals surface area (Å²) in [4.78, 5) is 4.32. The highest BCUT2D eigenvalue weighted by Crippen LogP contribution is 2.44.